The standard InChI is InChI=1S/2C21H20N.2BrH.2Pd/c2*1-4-10-19(11-5-1)16-22(17-20-12-6-2-7-13-20)18-21-14-8-3-9-15-21;;;;/h2*1-14H,16-18H2;2*1H;;/q2*-1;;;2*+2/p-2. The summed E-state index contributed by atoms with van der Waals surface area (Å²) in [6, 6.07) is 65.7. The third-order valence-corrected chi connectivity index (χ3v) is 7.33. The Bertz CT molecular complexity index is 1280. The Labute approximate surface area is 322 Å². The molecule has 0 saturated carbocycles. The SMILES string of the molecule is [Br][Pd+].[Br][Pd+].[c-]1ccccc1CN(Cc1ccccc1)Cc1ccccc1.[c-]1ccccc1CN(Cc1ccccc1)Cc1ccccc1. The maximum absolute atomic E-state index is 3.33. The number of nitrogens with zero attached hydrogens (tertiary/aromatic N) is 2. The Hall–Kier alpha value is -2.48. The van der Waals surface area contributed by atoms with Crippen LogP contribution in [0.5, 0.6) is 0 Å². The van der Waals surface area contributed by atoms with Crippen LogP contribution in [0.3, 0.4) is 0 Å². The van der Waals surface area contributed by atoms with E-state index in [1.807, 2.05) is 24.3 Å². The summed E-state index contributed by atoms with van der Waals surface area (Å²) in [6.45, 7) is 5.59. The molecule has 0 aliphatic rings. The van der Waals surface area contributed by atoms with Gasteiger partial charge in [-0.3, -0.25) is 9.80 Å². The molecule has 252 valence electrons. The fourth-order valence-electron chi connectivity index (χ4n) is 5.24. The zero-order valence-electron chi connectivity index (χ0n) is 26.7. The molecular weight excluding hydrogens is 905 g/mol. The smallest absolute Gasteiger partial charge is 0.0239 e. The van der Waals surface area contributed by atoms with Gasteiger partial charge in [0.05, 0.1) is 0 Å². The van der Waals surface area contributed by atoms with Gasteiger partial charge >= 0.3 is 61.2 Å². The Morgan fingerprint density at radius 3 is 0.812 bits per heavy atom. The minimum Gasteiger partial charge on any atom is -0.293 e. The predicted molar refractivity (Wildman–Crippen MR) is 200 cm³/mol. The van der Waals surface area contributed by atoms with Crippen LogP contribution in [0.4, 0.5) is 0 Å². The molecular formula is C42H40Br2N2Pd2. The molecule has 0 unspecified atom stereocenters. The molecule has 0 aromatic heterocycles. The minimum absolute atomic E-state index is 0.907. The summed E-state index contributed by atoms with van der Waals surface area (Å²) in [7, 11) is 0. The molecule has 0 atom stereocenters. The van der Waals surface area contributed by atoms with Crippen LogP contribution >= 0.6 is 26.9 Å². The second-order valence-electron chi connectivity index (χ2n) is 11.0. The van der Waals surface area contributed by atoms with Gasteiger partial charge in [0.25, 0.3) is 0 Å². The van der Waals surface area contributed by atoms with Gasteiger partial charge < -0.3 is 0 Å². The van der Waals surface area contributed by atoms with E-state index < -0.39 is 0 Å². The van der Waals surface area contributed by atoms with Crippen LogP contribution in [0, 0.1) is 12.1 Å². The summed E-state index contributed by atoms with van der Waals surface area (Å²) in [5, 5.41) is 0. The largest absolute Gasteiger partial charge is 0.293 e. The van der Waals surface area contributed by atoms with E-state index >= 15 is 0 Å². The fourth-order valence-corrected chi connectivity index (χ4v) is 5.24. The van der Waals surface area contributed by atoms with Gasteiger partial charge in [-0.2, -0.15) is 60.7 Å². The molecule has 0 radical (unpaired) electrons. The van der Waals surface area contributed by atoms with Gasteiger partial charge in [0, 0.05) is 39.3 Å². The molecule has 6 aromatic carbocycles. The van der Waals surface area contributed by atoms with Gasteiger partial charge in [-0.05, 0) is 22.3 Å². The number of benzene rings is 6. The first-order chi connectivity index (χ1) is 23.8. The van der Waals surface area contributed by atoms with Crippen molar-refractivity contribution < 1.29 is 34.4 Å². The van der Waals surface area contributed by atoms with Gasteiger partial charge in [0.15, 0.2) is 0 Å². The van der Waals surface area contributed by atoms with E-state index in [0.717, 1.165) is 39.3 Å². The van der Waals surface area contributed by atoms with Crippen molar-refractivity contribution >= 4 is 26.9 Å². The molecule has 0 aliphatic carbocycles. The molecule has 48 heavy (non-hydrogen) atoms. The predicted octanol–water partition coefficient (Wildman–Crippen LogP) is 11.1. The summed E-state index contributed by atoms with van der Waals surface area (Å²) in [6.07, 6.45) is 0. The van der Waals surface area contributed by atoms with E-state index in [1.54, 1.807) is 0 Å². The van der Waals surface area contributed by atoms with Crippen molar-refractivity contribution in [3.8, 4) is 0 Å². The molecule has 0 N–H and O–H groups in total. The van der Waals surface area contributed by atoms with Crippen LogP contribution in [0.1, 0.15) is 33.4 Å². The maximum atomic E-state index is 3.33. The molecule has 0 heterocycles. The Balaban J connectivity index is 0.000000236. The summed E-state index contributed by atoms with van der Waals surface area (Å²) in [5.41, 5.74) is 7.83. The molecule has 0 spiro atoms. The molecule has 0 amide bonds. The number of rotatable bonds is 12. The monoisotopic (exact) mass is 942 g/mol. The van der Waals surface area contributed by atoms with Crippen molar-refractivity contribution in [3.05, 3.63) is 215 Å². The first kappa shape index (κ1) is 40.0. The summed E-state index contributed by atoms with van der Waals surface area (Å²) in [4.78, 5) is 4.91. The third kappa shape index (κ3) is 16.3. The Morgan fingerprint density at radius 1 is 0.333 bits per heavy atom. The van der Waals surface area contributed by atoms with Crippen LogP contribution < -0.4 is 0 Å². The van der Waals surface area contributed by atoms with Crippen molar-refractivity contribution in [2.45, 2.75) is 39.3 Å². The first-order valence-corrected chi connectivity index (χ1v) is 22.7. The first-order valence-electron chi connectivity index (χ1n) is 15.6. The van der Waals surface area contributed by atoms with Crippen molar-refractivity contribution in [1.29, 1.82) is 0 Å². The van der Waals surface area contributed by atoms with E-state index in [9.17, 15) is 0 Å². The van der Waals surface area contributed by atoms with Crippen LogP contribution in [-0.2, 0) is 73.6 Å². The molecule has 6 aromatic rings. The van der Waals surface area contributed by atoms with Gasteiger partial charge in [0.1, 0.15) is 0 Å². The summed E-state index contributed by atoms with van der Waals surface area (Å²) < 4.78 is 0. The molecule has 0 fully saturated rings. The number of hydrogen-bond acceptors (Lipinski definition) is 2. The number of halogens is 2. The fraction of sp³-hybridized carbons (Fsp3) is 0.143. The van der Waals surface area contributed by atoms with Crippen molar-refractivity contribution in [2.24, 2.45) is 0 Å². The Kier molecular flexibility index (Phi) is 21.2. The van der Waals surface area contributed by atoms with Gasteiger partial charge in [-0.1, -0.05) is 121 Å². The maximum Gasteiger partial charge on any atom is 0.0239 e. The minimum atomic E-state index is 0.907. The molecule has 0 bridgehead atoms. The summed E-state index contributed by atoms with van der Waals surface area (Å²) >= 11 is 10.7. The molecule has 6 heteroatoms. The van der Waals surface area contributed by atoms with Crippen molar-refractivity contribution in [2.75, 3.05) is 0 Å². The third-order valence-electron chi connectivity index (χ3n) is 7.33. The normalized spacial score (nSPS) is 10.2. The van der Waals surface area contributed by atoms with Crippen LogP contribution in [0.2, 0.25) is 0 Å². The number of hydrogen-bond donors (Lipinski definition) is 0. The quantitative estimate of drug-likeness (QED) is 0.0891. The van der Waals surface area contributed by atoms with E-state index in [-0.39, 0.29) is 0 Å². The zero-order chi connectivity index (χ0) is 34.1. The molecule has 6 rings (SSSR count). The van der Waals surface area contributed by atoms with E-state index in [4.69, 9.17) is 0 Å². The van der Waals surface area contributed by atoms with E-state index in [0.29, 0.717) is 0 Å². The molecule has 0 aliphatic heterocycles. The van der Waals surface area contributed by atoms with Crippen molar-refractivity contribution in [3.63, 3.8) is 0 Å². The van der Waals surface area contributed by atoms with Crippen LogP contribution in [0.15, 0.2) is 170 Å². The topological polar surface area (TPSA) is 6.48 Å². The van der Waals surface area contributed by atoms with Crippen molar-refractivity contribution in [1.82, 2.24) is 9.80 Å². The second-order valence-corrected chi connectivity index (χ2v) is 11.0. The van der Waals surface area contributed by atoms with E-state index in [2.05, 4.69) is 229 Å². The average molecular weight is 945 g/mol. The molecule has 0 saturated heterocycles. The molecule has 2 nitrogen and oxygen atoms in total. The zero-order valence-corrected chi connectivity index (χ0v) is 33.0. The van der Waals surface area contributed by atoms with Gasteiger partial charge in [-0.25, -0.2) is 0 Å². The van der Waals surface area contributed by atoms with Gasteiger partial charge in [-0.15, -0.1) is 11.1 Å². The second kappa shape index (κ2) is 25.5. The van der Waals surface area contributed by atoms with E-state index in [1.165, 1.54) is 33.4 Å². The van der Waals surface area contributed by atoms with Gasteiger partial charge in [0.2, 0.25) is 0 Å². The van der Waals surface area contributed by atoms with Crippen LogP contribution in [0.25, 0.3) is 0 Å². The summed E-state index contributed by atoms with van der Waals surface area (Å²) in [5.74, 6) is 0. The Morgan fingerprint density at radius 2 is 0.583 bits per heavy atom. The average Bonchev–Trinajstić information content (AvgIpc) is 3.16. The van der Waals surface area contributed by atoms with Crippen LogP contribution in [-0.4, -0.2) is 9.80 Å².